The minimum Gasteiger partial charge on any atom is -0.330 e. The fraction of sp³-hybridized carbons (Fsp3) is 0.625. The second-order valence-electron chi connectivity index (χ2n) is 5.88. The van der Waals surface area contributed by atoms with Gasteiger partial charge in [0.1, 0.15) is 0 Å². The van der Waals surface area contributed by atoms with Gasteiger partial charge in [0.15, 0.2) is 11.6 Å². The number of benzene rings is 1. The Morgan fingerprint density at radius 3 is 2.67 bits per heavy atom. The lowest BCUT2D eigenvalue weighted by molar-refractivity contribution is 0.272. The average Bonchev–Trinajstić information content (AvgIpc) is 2.49. The van der Waals surface area contributed by atoms with E-state index in [2.05, 4.69) is 6.92 Å². The Labute approximate surface area is 127 Å². The Hall–Kier alpha value is -0.810. The van der Waals surface area contributed by atoms with Crippen LogP contribution in [0.3, 0.4) is 0 Å². The van der Waals surface area contributed by atoms with Crippen molar-refractivity contribution in [1.29, 1.82) is 0 Å². The van der Waals surface area contributed by atoms with Crippen molar-refractivity contribution in [2.24, 2.45) is 17.6 Å². The molecule has 4 unspecified atom stereocenters. The van der Waals surface area contributed by atoms with E-state index in [1.807, 2.05) is 0 Å². The maximum atomic E-state index is 13.3. The summed E-state index contributed by atoms with van der Waals surface area (Å²) < 4.78 is 39.1. The van der Waals surface area contributed by atoms with Crippen molar-refractivity contribution in [3.63, 3.8) is 0 Å². The molecule has 4 atom stereocenters. The SMILES string of the molecule is CCCC1CCC(CN)C(S(=O)c2ccc(F)c(F)c2)C1. The van der Waals surface area contributed by atoms with Crippen LogP contribution >= 0.6 is 0 Å². The zero-order chi connectivity index (χ0) is 15.4. The van der Waals surface area contributed by atoms with Crippen LogP contribution in [0, 0.1) is 23.5 Å². The van der Waals surface area contributed by atoms with Crippen molar-refractivity contribution in [2.45, 2.75) is 49.2 Å². The molecule has 1 aromatic carbocycles. The van der Waals surface area contributed by atoms with E-state index in [-0.39, 0.29) is 11.2 Å². The first kappa shape index (κ1) is 16.6. The second kappa shape index (κ2) is 7.45. The number of rotatable bonds is 5. The molecule has 1 aromatic rings. The fourth-order valence-corrected chi connectivity index (χ4v) is 5.07. The Morgan fingerprint density at radius 2 is 2.05 bits per heavy atom. The highest BCUT2D eigenvalue weighted by atomic mass is 32.2. The summed E-state index contributed by atoms with van der Waals surface area (Å²) in [6.45, 7) is 2.65. The fourth-order valence-electron chi connectivity index (χ4n) is 3.25. The summed E-state index contributed by atoms with van der Waals surface area (Å²) in [5, 5.41) is -0.0508. The Bertz CT molecular complexity index is 509. The molecule has 0 heterocycles. The number of hydrogen-bond donors (Lipinski definition) is 1. The molecule has 5 heteroatoms. The van der Waals surface area contributed by atoms with Crippen LogP contribution in [0.5, 0.6) is 0 Å². The molecule has 1 saturated carbocycles. The summed E-state index contributed by atoms with van der Waals surface area (Å²) in [6, 6.07) is 3.53. The predicted octanol–water partition coefficient (Wildman–Crippen LogP) is 3.62. The van der Waals surface area contributed by atoms with Gasteiger partial charge >= 0.3 is 0 Å². The van der Waals surface area contributed by atoms with Gasteiger partial charge < -0.3 is 5.73 Å². The molecule has 0 aromatic heterocycles. The van der Waals surface area contributed by atoms with Crippen LogP contribution in [-0.2, 0) is 10.8 Å². The number of nitrogens with two attached hydrogens (primary N) is 1. The summed E-state index contributed by atoms with van der Waals surface area (Å²) in [5.74, 6) is -1.08. The van der Waals surface area contributed by atoms with Gasteiger partial charge in [-0.15, -0.1) is 0 Å². The third-order valence-corrected chi connectivity index (χ3v) is 6.28. The first-order valence-corrected chi connectivity index (χ1v) is 8.83. The van der Waals surface area contributed by atoms with Gasteiger partial charge in [-0.1, -0.05) is 26.2 Å². The highest BCUT2D eigenvalue weighted by Crippen LogP contribution is 2.36. The lowest BCUT2D eigenvalue weighted by Gasteiger charge is -2.35. The van der Waals surface area contributed by atoms with Crippen LogP contribution in [0.2, 0.25) is 0 Å². The van der Waals surface area contributed by atoms with Gasteiger partial charge in [-0.3, -0.25) is 4.21 Å². The Kier molecular flexibility index (Phi) is 5.88. The molecule has 2 rings (SSSR count). The summed E-state index contributed by atoms with van der Waals surface area (Å²) in [7, 11) is -1.33. The van der Waals surface area contributed by atoms with E-state index in [4.69, 9.17) is 5.73 Å². The molecule has 0 saturated heterocycles. The summed E-state index contributed by atoms with van der Waals surface area (Å²) >= 11 is 0. The zero-order valence-electron chi connectivity index (χ0n) is 12.4. The molecule has 0 spiro atoms. The van der Waals surface area contributed by atoms with Crippen LogP contribution in [0.15, 0.2) is 23.1 Å². The highest BCUT2D eigenvalue weighted by Gasteiger charge is 2.34. The molecule has 1 aliphatic carbocycles. The Morgan fingerprint density at radius 1 is 1.29 bits per heavy atom. The number of hydrogen-bond acceptors (Lipinski definition) is 2. The molecule has 2 N–H and O–H groups in total. The van der Waals surface area contributed by atoms with E-state index in [0.717, 1.165) is 44.2 Å². The van der Waals surface area contributed by atoms with Crippen LogP contribution in [0.25, 0.3) is 0 Å². The molecule has 1 aliphatic rings. The third kappa shape index (κ3) is 3.89. The highest BCUT2D eigenvalue weighted by molar-refractivity contribution is 7.85. The monoisotopic (exact) mass is 315 g/mol. The Balaban J connectivity index is 2.18. The predicted molar refractivity (Wildman–Crippen MR) is 81.3 cm³/mol. The smallest absolute Gasteiger partial charge is 0.160 e. The molecule has 1 fully saturated rings. The van der Waals surface area contributed by atoms with Gasteiger partial charge in [-0.05, 0) is 49.4 Å². The molecule has 0 aliphatic heterocycles. The van der Waals surface area contributed by atoms with Crippen molar-refractivity contribution >= 4 is 10.8 Å². The van der Waals surface area contributed by atoms with Gasteiger partial charge in [0.25, 0.3) is 0 Å². The van der Waals surface area contributed by atoms with Crippen molar-refractivity contribution in [3.05, 3.63) is 29.8 Å². The quantitative estimate of drug-likeness (QED) is 0.902. The molecular weight excluding hydrogens is 292 g/mol. The van der Waals surface area contributed by atoms with Crippen LogP contribution in [-0.4, -0.2) is 16.0 Å². The first-order chi connectivity index (χ1) is 10.1. The van der Waals surface area contributed by atoms with Gasteiger partial charge in [0, 0.05) is 10.1 Å². The van der Waals surface area contributed by atoms with Crippen molar-refractivity contribution < 1.29 is 13.0 Å². The summed E-state index contributed by atoms with van der Waals surface area (Å²) in [5.41, 5.74) is 5.81. The largest absolute Gasteiger partial charge is 0.330 e. The summed E-state index contributed by atoms with van der Waals surface area (Å²) in [4.78, 5) is 0.370. The van der Waals surface area contributed by atoms with Gasteiger partial charge in [-0.25, -0.2) is 8.78 Å². The number of halogens is 2. The molecule has 0 bridgehead atoms. The van der Waals surface area contributed by atoms with E-state index in [9.17, 15) is 13.0 Å². The van der Waals surface area contributed by atoms with E-state index >= 15 is 0 Å². The molecule has 118 valence electrons. The molecule has 0 radical (unpaired) electrons. The molecular formula is C16H23F2NOS. The second-order valence-corrected chi connectivity index (χ2v) is 7.55. The zero-order valence-corrected chi connectivity index (χ0v) is 13.2. The maximum Gasteiger partial charge on any atom is 0.160 e. The summed E-state index contributed by atoms with van der Waals surface area (Å²) in [6.07, 6.45) is 5.20. The van der Waals surface area contributed by atoms with E-state index in [0.29, 0.717) is 17.4 Å². The van der Waals surface area contributed by atoms with Crippen molar-refractivity contribution in [1.82, 2.24) is 0 Å². The van der Waals surface area contributed by atoms with Crippen molar-refractivity contribution in [2.75, 3.05) is 6.54 Å². The van der Waals surface area contributed by atoms with Crippen molar-refractivity contribution in [3.8, 4) is 0 Å². The third-order valence-electron chi connectivity index (χ3n) is 4.44. The minimum atomic E-state index is -1.33. The maximum absolute atomic E-state index is 13.3. The van der Waals surface area contributed by atoms with Gasteiger partial charge in [0.05, 0.1) is 10.8 Å². The van der Waals surface area contributed by atoms with Crippen LogP contribution < -0.4 is 5.73 Å². The standard InChI is InChI=1S/C16H23F2NOS/c1-2-3-11-4-5-12(10-19)16(8-11)21(20)13-6-7-14(17)15(18)9-13/h6-7,9,11-12,16H,2-5,8,10,19H2,1H3. The molecule has 21 heavy (non-hydrogen) atoms. The minimum absolute atomic E-state index is 0.0508. The molecule has 0 amide bonds. The average molecular weight is 315 g/mol. The lowest BCUT2D eigenvalue weighted by Crippen LogP contribution is -2.37. The van der Waals surface area contributed by atoms with E-state index < -0.39 is 22.4 Å². The van der Waals surface area contributed by atoms with E-state index in [1.54, 1.807) is 0 Å². The normalized spacial score (nSPS) is 27.5. The molecule has 2 nitrogen and oxygen atoms in total. The van der Waals surface area contributed by atoms with Gasteiger partial charge in [0.2, 0.25) is 0 Å². The van der Waals surface area contributed by atoms with Gasteiger partial charge in [-0.2, -0.15) is 0 Å². The lowest BCUT2D eigenvalue weighted by atomic mass is 9.80. The topological polar surface area (TPSA) is 43.1 Å². The van der Waals surface area contributed by atoms with Crippen LogP contribution in [0.1, 0.15) is 39.0 Å². The van der Waals surface area contributed by atoms with E-state index in [1.165, 1.54) is 6.07 Å². The first-order valence-electron chi connectivity index (χ1n) is 7.62. The van der Waals surface area contributed by atoms with Crippen LogP contribution in [0.4, 0.5) is 8.78 Å².